The van der Waals surface area contributed by atoms with Gasteiger partial charge in [-0.3, -0.25) is 4.79 Å². The first kappa shape index (κ1) is 12.2. The van der Waals surface area contributed by atoms with Gasteiger partial charge in [-0.25, -0.2) is 9.97 Å². The lowest BCUT2D eigenvalue weighted by atomic mass is 10.1. The third kappa shape index (κ3) is 2.91. The van der Waals surface area contributed by atoms with Crippen molar-refractivity contribution in [1.29, 1.82) is 0 Å². The van der Waals surface area contributed by atoms with E-state index in [0.29, 0.717) is 12.2 Å². The van der Waals surface area contributed by atoms with E-state index in [-0.39, 0.29) is 11.6 Å². The van der Waals surface area contributed by atoms with Crippen molar-refractivity contribution in [2.24, 2.45) is 0 Å². The molecule has 0 fully saturated rings. The molecule has 0 saturated heterocycles. The molecule has 0 saturated carbocycles. The van der Waals surface area contributed by atoms with Gasteiger partial charge < -0.3 is 4.74 Å². The summed E-state index contributed by atoms with van der Waals surface area (Å²) in [5.74, 6) is 0.791. The molecule has 0 spiro atoms. The smallest absolute Gasteiger partial charge is 0.230 e. The molecule has 0 aliphatic heterocycles. The van der Waals surface area contributed by atoms with Crippen LogP contribution in [0.3, 0.4) is 0 Å². The molecular weight excluding hydrogens is 228 g/mol. The van der Waals surface area contributed by atoms with Crippen molar-refractivity contribution in [2.75, 3.05) is 6.61 Å². The third-order valence-corrected chi connectivity index (χ3v) is 2.36. The van der Waals surface area contributed by atoms with Crippen LogP contribution in [-0.4, -0.2) is 22.4 Å². The van der Waals surface area contributed by atoms with Crippen molar-refractivity contribution < 1.29 is 9.53 Å². The number of rotatable bonds is 5. The number of aromatic nitrogens is 2. The van der Waals surface area contributed by atoms with Gasteiger partial charge in [0.15, 0.2) is 0 Å². The Bertz CT molecular complexity index is 509. The average molecular weight is 242 g/mol. The van der Waals surface area contributed by atoms with E-state index >= 15 is 0 Å². The Labute approximate surface area is 106 Å². The predicted octanol–water partition coefficient (Wildman–Crippen LogP) is 2.50. The van der Waals surface area contributed by atoms with E-state index in [4.69, 9.17) is 4.74 Å². The molecule has 1 heterocycles. The number of benzene rings is 1. The molecule has 0 N–H and O–H groups in total. The fraction of sp³-hybridized carbons (Fsp3) is 0.214. The summed E-state index contributed by atoms with van der Waals surface area (Å²) in [7, 11) is 0. The number of carbonyl (C=O) groups excluding carboxylic acids is 1. The van der Waals surface area contributed by atoms with E-state index in [1.807, 2.05) is 6.92 Å². The van der Waals surface area contributed by atoms with Crippen LogP contribution in [0.2, 0.25) is 0 Å². The van der Waals surface area contributed by atoms with Gasteiger partial charge in [-0.15, -0.1) is 0 Å². The van der Waals surface area contributed by atoms with Crippen LogP contribution in [0.4, 0.5) is 0 Å². The predicted molar refractivity (Wildman–Crippen MR) is 67.7 cm³/mol. The Morgan fingerprint density at radius 3 is 2.44 bits per heavy atom. The fourth-order valence-electron chi connectivity index (χ4n) is 1.47. The fourth-order valence-corrected chi connectivity index (χ4v) is 1.47. The summed E-state index contributed by atoms with van der Waals surface area (Å²) in [6.07, 6.45) is 4.07. The van der Waals surface area contributed by atoms with Gasteiger partial charge in [-0.1, -0.05) is 6.92 Å². The second-order valence-electron chi connectivity index (χ2n) is 3.77. The number of hydrogen-bond acceptors (Lipinski definition) is 4. The molecule has 0 aliphatic rings. The Morgan fingerprint density at radius 2 is 1.83 bits per heavy atom. The summed E-state index contributed by atoms with van der Waals surface area (Å²) in [5, 5.41) is 0. The molecule has 92 valence electrons. The van der Waals surface area contributed by atoms with Crippen molar-refractivity contribution in [3.8, 4) is 5.75 Å². The molecule has 2 rings (SSSR count). The maximum Gasteiger partial charge on any atom is 0.230 e. The molecule has 4 nitrogen and oxygen atoms in total. The first-order chi connectivity index (χ1) is 8.81. The number of ether oxygens (including phenoxy) is 1. The largest absolute Gasteiger partial charge is 0.494 e. The first-order valence-corrected chi connectivity index (χ1v) is 5.86. The molecule has 0 bridgehead atoms. The maximum atomic E-state index is 12.0. The molecule has 0 aliphatic carbocycles. The van der Waals surface area contributed by atoms with Crippen LogP contribution in [0.15, 0.2) is 42.7 Å². The molecule has 0 radical (unpaired) electrons. The van der Waals surface area contributed by atoms with Crippen LogP contribution in [0, 0.1) is 0 Å². The van der Waals surface area contributed by atoms with Gasteiger partial charge in [0.05, 0.1) is 6.61 Å². The topological polar surface area (TPSA) is 52.1 Å². The van der Waals surface area contributed by atoms with Crippen LogP contribution < -0.4 is 4.74 Å². The molecule has 4 heteroatoms. The minimum Gasteiger partial charge on any atom is -0.494 e. The van der Waals surface area contributed by atoms with Gasteiger partial charge in [0.2, 0.25) is 11.6 Å². The van der Waals surface area contributed by atoms with Crippen molar-refractivity contribution in [3.05, 3.63) is 54.1 Å². The van der Waals surface area contributed by atoms with Crippen molar-refractivity contribution in [3.63, 3.8) is 0 Å². The lowest BCUT2D eigenvalue weighted by molar-refractivity contribution is 0.102. The summed E-state index contributed by atoms with van der Waals surface area (Å²) >= 11 is 0. The summed E-state index contributed by atoms with van der Waals surface area (Å²) < 4.78 is 5.45. The number of ketones is 1. The van der Waals surface area contributed by atoms with Gasteiger partial charge >= 0.3 is 0 Å². The molecule has 1 aromatic heterocycles. The van der Waals surface area contributed by atoms with Crippen molar-refractivity contribution in [1.82, 2.24) is 9.97 Å². The maximum absolute atomic E-state index is 12.0. The molecule has 2 aromatic rings. The Kier molecular flexibility index (Phi) is 4.02. The zero-order chi connectivity index (χ0) is 12.8. The van der Waals surface area contributed by atoms with Crippen molar-refractivity contribution in [2.45, 2.75) is 13.3 Å². The van der Waals surface area contributed by atoms with E-state index in [1.54, 1.807) is 42.7 Å². The second-order valence-corrected chi connectivity index (χ2v) is 3.77. The number of carbonyl (C=O) groups is 1. The highest BCUT2D eigenvalue weighted by molar-refractivity contribution is 6.06. The summed E-state index contributed by atoms with van der Waals surface area (Å²) in [5.41, 5.74) is 0.560. The van der Waals surface area contributed by atoms with Gasteiger partial charge in [-0.2, -0.15) is 0 Å². The van der Waals surface area contributed by atoms with Gasteiger partial charge in [0.25, 0.3) is 0 Å². The van der Waals surface area contributed by atoms with E-state index in [9.17, 15) is 4.79 Å². The van der Waals surface area contributed by atoms with Crippen LogP contribution >= 0.6 is 0 Å². The molecule has 1 aromatic carbocycles. The molecule has 0 atom stereocenters. The highest BCUT2D eigenvalue weighted by Gasteiger charge is 2.11. The zero-order valence-corrected chi connectivity index (χ0v) is 10.2. The van der Waals surface area contributed by atoms with E-state index in [2.05, 4.69) is 9.97 Å². The third-order valence-electron chi connectivity index (χ3n) is 2.36. The SMILES string of the molecule is CCCOc1ccc(C(=O)c2ncccn2)cc1. The average Bonchev–Trinajstić information content (AvgIpc) is 2.46. The van der Waals surface area contributed by atoms with Gasteiger partial charge in [0, 0.05) is 18.0 Å². The summed E-state index contributed by atoms with van der Waals surface area (Å²) in [4.78, 5) is 19.9. The van der Waals surface area contributed by atoms with E-state index in [1.165, 1.54) is 0 Å². The monoisotopic (exact) mass is 242 g/mol. The zero-order valence-electron chi connectivity index (χ0n) is 10.2. The minimum absolute atomic E-state index is 0.183. The second kappa shape index (κ2) is 5.91. The molecule has 0 amide bonds. The summed E-state index contributed by atoms with van der Waals surface area (Å²) in [6.45, 7) is 2.72. The van der Waals surface area contributed by atoms with Gasteiger partial charge in [0.1, 0.15) is 5.75 Å². The highest BCUT2D eigenvalue weighted by Crippen LogP contribution is 2.14. The number of hydrogen-bond donors (Lipinski definition) is 0. The molecule has 18 heavy (non-hydrogen) atoms. The van der Waals surface area contributed by atoms with E-state index < -0.39 is 0 Å². The lowest BCUT2D eigenvalue weighted by Gasteiger charge is -2.05. The highest BCUT2D eigenvalue weighted by atomic mass is 16.5. The molecule has 0 unspecified atom stereocenters. The van der Waals surface area contributed by atoms with E-state index in [0.717, 1.165) is 12.2 Å². The number of nitrogens with zero attached hydrogens (tertiary/aromatic N) is 2. The molecular formula is C14H14N2O2. The Balaban J connectivity index is 2.12. The minimum atomic E-state index is -0.183. The Hall–Kier alpha value is -2.23. The standard InChI is InChI=1S/C14H14N2O2/c1-2-10-18-12-6-4-11(5-7-12)13(17)14-15-8-3-9-16-14/h3-9H,2,10H2,1H3. The normalized spacial score (nSPS) is 10.1. The van der Waals surface area contributed by atoms with Gasteiger partial charge in [-0.05, 0) is 36.8 Å². The lowest BCUT2D eigenvalue weighted by Crippen LogP contribution is -2.06. The quantitative estimate of drug-likeness (QED) is 0.756. The van der Waals surface area contributed by atoms with Crippen LogP contribution in [0.1, 0.15) is 29.5 Å². The van der Waals surface area contributed by atoms with Crippen LogP contribution in [0.25, 0.3) is 0 Å². The van der Waals surface area contributed by atoms with Crippen LogP contribution in [0.5, 0.6) is 5.75 Å². The Morgan fingerprint density at radius 1 is 1.17 bits per heavy atom. The first-order valence-electron chi connectivity index (χ1n) is 5.86. The summed E-state index contributed by atoms with van der Waals surface area (Å²) in [6, 6.07) is 8.70. The van der Waals surface area contributed by atoms with Crippen molar-refractivity contribution >= 4 is 5.78 Å². The van der Waals surface area contributed by atoms with Crippen LogP contribution in [-0.2, 0) is 0 Å².